The Morgan fingerprint density at radius 1 is 1.11 bits per heavy atom. The maximum atomic E-state index is 12.3. The van der Waals surface area contributed by atoms with Crippen LogP contribution in [0.15, 0.2) is 48.5 Å². The third-order valence-electron chi connectivity index (χ3n) is 6.06. The van der Waals surface area contributed by atoms with E-state index in [0.717, 1.165) is 41.5 Å². The fourth-order valence-corrected chi connectivity index (χ4v) is 4.24. The number of fused-ring (bicyclic) bond motifs is 3. The van der Waals surface area contributed by atoms with E-state index in [0.29, 0.717) is 0 Å². The van der Waals surface area contributed by atoms with Gasteiger partial charge in [0.05, 0.1) is 0 Å². The predicted molar refractivity (Wildman–Crippen MR) is 102 cm³/mol. The first-order chi connectivity index (χ1) is 13.1. The third kappa shape index (κ3) is 3.07. The van der Waals surface area contributed by atoms with Crippen LogP contribution in [0.1, 0.15) is 43.2 Å². The zero-order valence-electron chi connectivity index (χ0n) is 15.3. The molecule has 1 atom stereocenters. The largest absolute Gasteiger partial charge is 0.480 e. The molecule has 2 aromatic carbocycles. The number of carboxylic acids is 1. The first kappa shape index (κ1) is 17.6. The van der Waals surface area contributed by atoms with Gasteiger partial charge in [-0.25, -0.2) is 9.59 Å². The van der Waals surface area contributed by atoms with Gasteiger partial charge in [0, 0.05) is 11.3 Å². The smallest absolute Gasteiger partial charge is 0.407 e. The Morgan fingerprint density at radius 3 is 2.15 bits per heavy atom. The average molecular weight is 365 g/mol. The summed E-state index contributed by atoms with van der Waals surface area (Å²) in [5.41, 5.74) is 4.26. The Balaban J connectivity index is 1.47. The van der Waals surface area contributed by atoms with Gasteiger partial charge in [-0.05, 0) is 41.5 Å². The molecule has 2 aromatic rings. The van der Waals surface area contributed by atoms with Gasteiger partial charge < -0.3 is 15.2 Å². The SMILES string of the molecule is CCC1([C@@H](NC(=O)OCC2c3ccccc3-c3ccccc32)C(=O)O)CC1. The number of nitrogens with one attached hydrogen (secondary N) is 1. The van der Waals surface area contributed by atoms with Crippen LogP contribution < -0.4 is 5.32 Å². The number of hydrogen-bond acceptors (Lipinski definition) is 3. The lowest BCUT2D eigenvalue weighted by Gasteiger charge is -2.23. The van der Waals surface area contributed by atoms with Crippen LogP contribution in [-0.2, 0) is 9.53 Å². The van der Waals surface area contributed by atoms with Crippen molar-refractivity contribution in [3.8, 4) is 11.1 Å². The number of rotatable bonds is 6. The number of carbonyl (C=O) groups is 2. The summed E-state index contributed by atoms with van der Waals surface area (Å²) in [5, 5.41) is 12.1. The van der Waals surface area contributed by atoms with Crippen LogP contribution in [0.25, 0.3) is 11.1 Å². The minimum atomic E-state index is -0.997. The summed E-state index contributed by atoms with van der Waals surface area (Å²) in [4.78, 5) is 23.9. The third-order valence-corrected chi connectivity index (χ3v) is 6.06. The fraction of sp³-hybridized carbons (Fsp3) is 0.364. The van der Waals surface area contributed by atoms with E-state index < -0.39 is 18.1 Å². The molecular formula is C22H23NO4. The second-order valence-corrected chi connectivity index (χ2v) is 7.46. The maximum Gasteiger partial charge on any atom is 0.407 e. The van der Waals surface area contributed by atoms with E-state index in [1.165, 1.54) is 0 Å². The van der Waals surface area contributed by atoms with E-state index in [2.05, 4.69) is 29.6 Å². The zero-order chi connectivity index (χ0) is 19.0. The minimum Gasteiger partial charge on any atom is -0.480 e. The zero-order valence-corrected chi connectivity index (χ0v) is 15.3. The summed E-state index contributed by atoms with van der Waals surface area (Å²) in [6.45, 7) is 2.15. The van der Waals surface area contributed by atoms with Gasteiger partial charge >= 0.3 is 12.1 Å². The highest BCUT2D eigenvalue weighted by molar-refractivity contribution is 5.82. The van der Waals surface area contributed by atoms with Crippen LogP contribution in [0.3, 0.4) is 0 Å². The molecule has 140 valence electrons. The van der Waals surface area contributed by atoms with Crippen molar-refractivity contribution in [3.63, 3.8) is 0 Å². The minimum absolute atomic E-state index is 0.0347. The molecule has 2 N–H and O–H groups in total. The topological polar surface area (TPSA) is 75.6 Å². The van der Waals surface area contributed by atoms with Crippen LogP contribution in [0.2, 0.25) is 0 Å². The van der Waals surface area contributed by atoms with Gasteiger partial charge in [-0.3, -0.25) is 0 Å². The molecule has 0 radical (unpaired) electrons. The fourth-order valence-electron chi connectivity index (χ4n) is 4.24. The van der Waals surface area contributed by atoms with Crippen molar-refractivity contribution in [3.05, 3.63) is 59.7 Å². The molecule has 2 aliphatic carbocycles. The lowest BCUT2D eigenvalue weighted by molar-refractivity contribution is -0.141. The Labute approximate surface area is 158 Å². The second kappa shape index (κ2) is 6.72. The number of benzene rings is 2. The van der Waals surface area contributed by atoms with Crippen molar-refractivity contribution < 1.29 is 19.4 Å². The van der Waals surface area contributed by atoms with E-state index in [1.807, 2.05) is 31.2 Å². The van der Waals surface area contributed by atoms with E-state index >= 15 is 0 Å². The van der Waals surface area contributed by atoms with E-state index in [-0.39, 0.29) is 17.9 Å². The maximum absolute atomic E-state index is 12.3. The molecule has 5 nitrogen and oxygen atoms in total. The van der Waals surface area contributed by atoms with Crippen molar-refractivity contribution >= 4 is 12.1 Å². The Kier molecular flexibility index (Phi) is 4.38. The van der Waals surface area contributed by atoms with Crippen molar-refractivity contribution in [1.82, 2.24) is 5.32 Å². The number of carboxylic acid groups (broad SMARTS) is 1. The summed E-state index contributed by atoms with van der Waals surface area (Å²) in [6.07, 6.45) is 1.71. The molecule has 0 spiro atoms. The number of amides is 1. The summed E-state index contributed by atoms with van der Waals surface area (Å²) in [5.74, 6) is -1.03. The molecule has 0 unspecified atom stereocenters. The Bertz CT molecular complexity index is 842. The molecule has 0 bridgehead atoms. The van der Waals surface area contributed by atoms with Crippen LogP contribution in [0.5, 0.6) is 0 Å². The monoisotopic (exact) mass is 365 g/mol. The van der Waals surface area contributed by atoms with Crippen LogP contribution in [0.4, 0.5) is 4.79 Å². The molecule has 1 amide bonds. The first-order valence-corrected chi connectivity index (χ1v) is 9.40. The van der Waals surface area contributed by atoms with Gasteiger partial charge in [0.2, 0.25) is 0 Å². The summed E-state index contributed by atoms with van der Waals surface area (Å²) < 4.78 is 5.47. The highest BCUT2D eigenvalue weighted by Gasteiger charge is 2.52. The van der Waals surface area contributed by atoms with Gasteiger partial charge in [-0.2, -0.15) is 0 Å². The number of hydrogen-bond donors (Lipinski definition) is 2. The number of ether oxygens (including phenoxy) is 1. The van der Waals surface area contributed by atoms with E-state index in [9.17, 15) is 14.7 Å². The summed E-state index contributed by atoms with van der Waals surface area (Å²) in [7, 11) is 0. The first-order valence-electron chi connectivity index (χ1n) is 9.40. The van der Waals surface area contributed by atoms with Crippen molar-refractivity contribution in [2.75, 3.05) is 6.61 Å². The van der Waals surface area contributed by atoms with Gasteiger partial charge in [-0.1, -0.05) is 55.5 Å². The van der Waals surface area contributed by atoms with E-state index in [4.69, 9.17) is 4.74 Å². The lowest BCUT2D eigenvalue weighted by Crippen LogP contribution is -2.47. The standard InChI is InChI=1S/C22H23NO4/c1-2-22(11-12-22)19(20(24)25)23-21(26)27-13-18-16-9-5-3-7-14(16)15-8-4-6-10-17(15)18/h3-10,18-19H,2,11-13H2,1H3,(H,23,26)(H,24,25)/t19-/m0/s1. The number of aliphatic carboxylic acids is 1. The lowest BCUT2D eigenvalue weighted by atomic mass is 9.93. The molecule has 0 heterocycles. The van der Waals surface area contributed by atoms with Gasteiger partial charge in [0.25, 0.3) is 0 Å². The Morgan fingerprint density at radius 2 is 1.67 bits per heavy atom. The van der Waals surface area contributed by atoms with Crippen molar-refractivity contribution in [2.24, 2.45) is 5.41 Å². The number of alkyl carbamates (subject to hydrolysis) is 1. The molecule has 5 heteroatoms. The second-order valence-electron chi connectivity index (χ2n) is 7.46. The predicted octanol–water partition coefficient (Wildman–Crippen LogP) is 4.17. The Hall–Kier alpha value is -2.82. The van der Waals surface area contributed by atoms with Crippen LogP contribution >= 0.6 is 0 Å². The molecule has 0 saturated heterocycles. The molecule has 2 aliphatic rings. The highest BCUT2D eigenvalue weighted by Crippen LogP contribution is 2.51. The summed E-state index contributed by atoms with van der Waals surface area (Å²) >= 11 is 0. The van der Waals surface area contributed by atoms with Crippen molar-refractivity contribution in [1.29, 1.82) is 0 Å². The molecule has 27 heavy (non-hydrogen) atoms. The molecule has 0 aromatic heterocycles. The molecule has 1 fully saturated rings. The molecule has 0 aliphatic heterocycles. The van der Waals surface area contributed by atoms with Crippen molar-refractivity contribution in [2.45, 2.75) is 38.1 Å². The van der Waals surface area contributed by atoms with Gasteiger partial charge in [0.15, 0.2) is 0 Å². The number of carbonyl (C=O) groups excluding carboxylic acids is 1. The highest BCUT2D eigenvalue weighted by atomic mass is 16.5. The normalized spacial score (nSPS) is 17.5. The molecule has 4 rings (SSSR count). The van der Waals surface area contributed by atoms with Crippen LogP contribution in [-0.4, -0.2) is 29.8 Å². The average Bonchev–Trinajstić information content (AvgIpc) is 3.41. The summed E-state index contributed by atoms with van der Waals surface area (Å²) in [6, 6.07) is 15.3. The van der Waals surface area contributed by atoms with Gasteiger partial charge in [0.1, 0.15) is 12.6 Å². The molecular weight excluding hydrogens is 342 g/mol. The van der Waals surface area contributed by atoms with Crippen LogP contribution in [0, 0.1) is 5.41 Å². The van der Waals surface area contributed by atoms with E-state index in [1.54, 1.807) is 0 Å². The van der Waals surface area contributed by atoms with Gasteiger partial charge in [-0.15, -0.1) is 0 Å². The quantitative estimate of drug-likeness (QED) is 0.806. The molecule has 1 saturated carbocycles.